The number of nitrogens with one attached hydrogen (secondary N) is 2. The van der Waals surface area contributed by atoms with Crippen LogP contribution in [0.15, 0.2) is 36.4 Å². The Bertz CT molecular complexity index is 1040. The highest BCUT2D eigenvalue weighted by atomic mass is 32.1. The summed E-state index contributed by atoms with van der Waals surface area (Å²) in [5, 5.41) is 36.7. The highest BCUT2D eigenvalue weighted by Gasteiger charge is 2.24. The molecule has 156 valence electrons. The predicted octanol–water partition coefficient (Wildman–Crippen LogP) is 2.94. The Labute approximate surface area is 175 Å². The van der Waals surface area contributed by atoms with Crippen molar-refractivity contribution in [2.75, 3.05) is 23.3 Å². The van der Waals surface area contributed by atoms with E-state index in [2.05, 4.69) is 10.6 Å². The number of anilines is 2. The molecule has 1 saturated heterocycles. The fourth-order valence-electron chi connectivity index (χ4n) is 3.10. The SMILES string of the molecule is O=C(NC(=S)Nc1cc([N+](=O)[O-])ccc1O)c1ccc(N2CCCC2)c([N+](=O)[O-])c1. The lowest BCUT2D eigenvalue weighted by Gasteiger charge is -2.18. The van der Waals surface area contributed by atoms with Gasteiger partial charge in [-0.1, -0.05) is 0 Å². The first-order chi connectivity index (χ1) is 14.3. The van der Waals surface area contributed by atoms with Crippen molar-refractivity contribution in [3.63, 3.8) is 0 Å². The molecule has 0 saturated carbocycles. The monoisotopic (exact) mass is 431 g/mol. The van der Waals surface area contributed by atoms with E-state index in [0.717, 1.165) is 31.0 Å². The molecule has 1 aliphatic rings. The standard InChI is InChI=1S/C18H17N5O6S/c24-16-6-4-12(22(26)27)10-13(16)19-18(30)20-17(25)11-3-5-14(15(9-11)23(28)29)21-7-1-2-8-21/h3-6,9-10,24H,1-2,7-8H2,(H2,19,20,25,30). The Morgan fingerprint density at radius 1 is 1.07 bits per heavy atom. The molecule has 0 radical (unpaired) electrons. The normalized spacial score (nSPS) is 13.0. The van der Waals surface area contributed by atoms with Crippen LogP contribution in [-0.2, 0) is 0 Å². The zero-order valence-electron chi connectivity index (χ0n) is 15.5. The number of nitro benzene ring substituents is 2. The lowest BCUT2D eigenvalue weighted by atomic mass is 10.1. The molecule has 1 amide bonds. The number of carbonyl (C=O) groups is 1. The third kappa shape index (κ3) is 4.60. The number of nitrogens with zero attached hydrogens (tertiary/aromatic N) is 3. The van der Waals surface area contributed by atoms with Crippen molar-refractivity contribution in [3.05, 3.63) is 62.2 Å². The number of amides is 1. The van der Waals surface area contributed by atoms with Crippen molar-refractivity contribution >= 4 is 46.0 Å². The molecule has 30 heavy (non-hydrogen) atoms. The highest BCUT2D eigenvalue weighted by Crippen LogP contribution is 2.32. The molecule has 2 aromatic carbocycles. The number of thiocarbonyl (C=S) groups is 1. The minimum atomic E-state index is -0.700. The molecule has 0 unspecified atom stereocenters. The fourth-order valence-corrected chi connectivity index (χ4v) is 3.31. The number of phenols is 1. The summed E-state index contributed by atoms with van der Waals surface area (Å²) in [5.74, 6) is -1.00. The first-order valence-electron chi connectivity index (χ1n) is 8.89. The van der Waals surface area contributed by atoms with Crippen LogP contribution in [0.5, 0.6) is 5.75 Å². The third-order valence-corrected chi connectivity index (χ3v) is 4.75. The molecule has 2 aromatic rings. The average Bonchev–Trinajstić information content (AvgIpc) is 3.23. The van der Waals surface area contributed by atoms with Crippen molar-refractivity contribution in [1.82, 2.24) is 5.32 Å². The van der Waals surface area contributed by atoms with E-state index < -0.39 is 15.8 Å². The molecule has 0 aromatic heterocycles. The molecule has 3 rings (SSSR count). The van der Waals surface area contributed by atoms with Gasteiger partial charge >= 0.3 is 0 Å². The van der Waals surface area contributed by atoms with Crippen molar-refractivity contribution < 1.29 is 19.7 Å². The molecule has 0 atom stereocenters. The van der Waals surface area contributed by atoms with Gasteiger partial charge in [0.15, 0.2) is 5.11 Å². The summed E-state index contributed by atoms with van der Waals surface area (Å²) in [6, 6.07) is 7.46. The van der Waals surface area contributed by atoms with Gasteiger partial charge in [0, 0.05) is 36.9 Å². The van der Waals surface area contributed by atoms with Gasteiger partial charge in [0.2, 0.25) is 0 Å². The number of hydrogen-bond donors (Lipinski definition) is 3. The average molecular weight is 431 g/mol. The first-order valence-corrected chi connectivity index (χ1v) is 9.30. The van der Waals surface area contributed by atoms with Gasteiger partial charge < -0.3 is 15.3 Å². The Hall–Kier alpha value is -3.80. The number of rotatable bonds is 5. The molecule has 11 nitrogen and oxygen atoms in total. The minimum Gasteiger partial charge on any atom is -0.506 e. The summed E-state index contributed by atoms with van der Waals surface area (Å²) in [7, 11) is 0. The van der Waals surface area contributed by atoms with E-state index in [-0.39, 0.29) is 33.5 Å². The van der Waals surface area contributed by atoms with Crippen LogP contribution in [0.4, 0.5) is 22.7 Å². The van der Waals surface area contributed by atoms with Crippen LogP contribution in [0.2, 0.25) is 0 Å². The quantitative estimate of drug-likeness (QED) is 0.281. The Morgan fingerprint density at radius 3 is 2.40 bits per heavy atom. The van der Waals surface area contributed by atoms with Gasteiger partial charge in [-0.2, -0.15) is 0 Å². The maximum absolute atomic E-state index is 12.5. The van der Waals surface area contributed by atoms with Crippen molar-refractivity contribution in [2.45, 2.75) is 12.8 Å². The highest BCUT2D eigenvalue weighted by molar-refractivity contribution is 7.80. The van der Waals surface area contributed by atoms with Crippen LogP contribution in [-0.4, -0.2) is 39.1 Å². The number of phenolic OH excluding ortho intramolecular Hbond substituents is 1. The maximum Gasteiger partial charge on any atom is 0.293 e. The van der Waals surface area contributed by atoms with E-state index in [0.29, 0.717) is 18.8 Å². The lowest BCUT2D eigenvalue weighted by molar-refractivity contribution is -0.384. The Morgan fingerprint density at radius 2 is 1.77 bits per heavy atom. The van der Waals surface area contributed by atoms with E-state index >= 15 is 0 Å². The van der Waals surface area contributed by atoms with Crippen molar-refractivity contribution in [3.8, 4) is 5.75 Å². The van der Waals surface area contributed by atoms with Crippen molar-refractivity contribution in [2.24, 2.45) is 0 Å². The molecule has 1 aliphatic heterocycles. The molecule has 0 bridgehead atoms. The van der Waals surface area contributed by atoms with E-state index in [1.165, 1.54) is 18.2 Å². The number of benzene rings is 2. The molecule has 0 aliphatic carbocycles. The number of aromatic hydroxyl groups is 1. The summed E-state index contributed by atoms with van der Waals surface area (Å²) >= 11 is 5.01. The summed E-state index contributed by atoms with van der Waals surface area (Å²) in [4.78, 5) is 35.5. The van der Waals surface area contributed by atoms with E-state index in [1.807, 2.05) is 4.90 Å². The number of carbonyl (C=O) groups excluding carboxylic acids is 1. The minimum absolute atomic E-state index is 0.0251. The van der Waals surface area contributed by atoms with E-state index in [1.54, 1.807) is 0 Å². The zero-order chi connectivity index (χ0) is 21.8. The van der Waals surface area contributed by atoms with Crippen LogP contribution < -0.4 is 15.5 Å². The van der Waals surface area contributed by atoms with Gasteiger partial charge in [-0.25, -0.2) is 0 Å². The second-order valence-electron chi connectivity index (χ2n) is 6.52. The second-order valence-corrected chi connectivity index (χ2v) is 6.93. The van der Waals surface area contributed by atoms with Gasteiger partial charge in [0.05, 0.1) is 15.5 Å². The number of non-ortho nitro benzene ring substituents is 1. The summed E-state index contributed by atoms with van der Waals surface area (Å²) in [6.45, 7) is 1.43. The molecule has 1 heterocycles. The molecule has 3 N–H and O–H groups in total. The third-order valence-electron chi connectivity index (χ3n) is 4.55. The fraction of sp³-hybridized carbons (Fsp3) is 0.222. The first kappa shape index (κ1) is 20.9. The van der Waals surface area contributed by atoms with E-state index in [4.69, 9.17) is 12.2 Å². The number of nitro groups is 2. The lowest BCUT2D eigenvalue weighted by Crippen LogP contribution is -2.34. The van der Waals surface area contributed by atoms with Crippen LogP contribution >= 0.6 is 12.2 Å². The van der Waals surface area contributed by atoms with Crippen LogP contribution in [0.1, 0.15) is 23.2 Å². The summed E-state index contributed by atoms with van der Waals surface area (Å²) in [5.41, 5.74) is -0.0458. The second kappa shape index (κ2) is 8.69. The maximum atomic E-state index is 12.5. The van der Waals surface area contributed by atoms with Gasteiger partial charge in [-0.05, 0) is 43.3 Å². The summed E-state index contributed by atoms with van der Waals surface area (Å²) < 4.78 is 0. The largest absolute Gasteiger partial charge is 0.506 e. The van der Waals surface area contributed by atoms with Crippen LogP contribution in [0.3, 0.4) is 0 Å². The van der Waals surface area contributed by atoms with Crippen molar-refractivity contribution in [1.29, 1.82) is 0 Å². The predicted molar refractivity (Wildman–Crippen MR) is 113 cm³/mol. The molecular weight excluding hydrogens is 414 g/mol. The van der Waals surface area contributed by atoms with Crippen LogP contribution in [0, 0.1) is 20.2 Å². The van der Waals surface area contributed by atoms with Gasteiger partial charge in [-0.15, -0.1) is 0 Å². The smallest absolute Gasteiger partial charge is 0.293 e. The molecular formula is C18H17N5O6S. The molecule has 1 fully saturated rings. The summed E-state index contributed by atoms with van der Waals surface area (Å²) in [6.07, 6.45) is 1.90. The van der Waals surface area contributed by atoms with Gasteiger partial charge in [0.25, 0.3) is 17.3 Å². The topological polar surface area (TPSA) is 151 Å². The Kier molecular flexibility index (Phi) is 6.06. The number of hydrogen-bond acceptors (Lipinski definition) is 8. The Balaban J connectivity index is 1.75. The zero-order valence-corrected chi connectivity index (χ0v) is 16.3. The molecule has 0 spiro atoms. The van der Waals surface area contributed by atoms with Crippen LogP contribution in [0.25, 0.3) is 0 Å². The van der Waals surface area contributed by atoms with E-state index in [9.17, 15) is 30.1 Å². The molecule has 12 heteroatoms. The van der Waals surface area contributed by atoms with Gasteiger partial charge in [-0.3, -0.25) is 30.3 Å². The van der Waals surface area contributed by atoms with Gasteiger partial charge in [0.1, 0.15) is 11.4 Å².